The molecule has 2 heterocycles. The van der Waals surface area contributed by atoms with Gasteiger partial charge in [0.15, 0.2) is 0 Å². The average molecular weight is 410 g/mol. The molecule has 0 unspecified atom stereocenters. The van der Waals surface area contributed by atoms with E-state index >= 15 is 0 Å². The van der Waals surface area contributed by atoms with E-state index in [9.17, 15) is 4.79 Å². The standard InChI is InChI=1S/C24H35N5O/c30-24(21-11-5-2-6-12-21)25-15-13-22-26-27-23-14-17-28(18-19-29(22)23)16-7-10-20-8-3-1-4-9-20/h1,3-4,8-9,21H,2,5-7,10-19H2,(H,25,30). The van der Waals surface area contributed by atoms with Crippen LogP contribution in [0.5, 0.6) is 0 Å². The summed E-state index contributed by atoms with van der Waals surface area (Å²) < 4.78 is 2.28. The molecule has 1 aliphatic heterocycles. The first-order chi connectivity index (χ1) is 14.8. The fraction of sp³-hybridized carbons (Fsp3) is 0.625. The molecule has 162 valence electrons. The van der Waals surface area contributed by atoms with Gasteiger partial charge in [0.2, 0.25) is 5.91 Å². The monoisotopic (exact) mass is 409 g/mol. The van der Waals surface area contributed by atoms with Gasteiger partial charge in [0.05, 0.1) is 0 Å². The molecule has 1 N–H and O–H groups in total. The van der Waals surface area contributed by atoms with Crippen molar-refractivity contribution in [2.75, 3.05) is 26.2 Å². The molecule has 2 aromatic rings. The van der Waals surface area contributed by atoms with Crippen LogP contribution < -0.4 is 5.32 Å². The van der Waals surface area contributed by atoms with Crippen LogP contribution in [0.25, 0.3) is 0 Å². The maximum absolute atomic E-state index is 12.4. The van der Waals surface area contributed by atoms with E-state index in [1.807, 2.05) is 0 Å². The van der Waals surface area contributed by atoms with Crippen molar-refractivity contribution in [2.24, 2.45) is 5.92 Å². The molecule has 1 fully saturated rings. The lowest BCUT2D eigenvalue weighted by molar-refractivity contribution is -0.125. The van der Waals surface area contributed by atoms with Crippen molar-refractivity contribution in [1.82, 2.24) is 25.0 Å². The van der Waals surface area contributed by atoms with E-state index in [1.54, 1.807) is 0 Å². The van der Waals surface area contributed by atoms with E-state index in [0.717, 1.165) is 69.9 Å². The predicted molar refractivity (Wildman–Crippen MR) is 118 cm³/mol. The minimum Gasteiger partial charge on any atom is -0.355 e. The molecule has 4 rings (SSSR count). The van der Waals surface area contributed by atoms with Crippen molar-refractivity contribution in [1.29, 1.82) is 0 Å². The number of carbonyl (C=O) groups excluding carboxylic acids is 1. The molecule has 1 aromatic heterocycles. The van der Waals surface area contributed by atoms with Crippen LogP contribution in [0.1, 0.15) is 55.7 Å². The number of hydrogen-bond acceptors (Lipinski definition) is 4. The van der Waals surface area contributed by atoms with Gasteiger partial charge in [-0.25, -0.2) is 0 Å². The van der Waals surface area contributed by atoms with Crippen molar-refractivity contribution < 1.29 is 4.79 Å². The molecule has 0 spiro atoms. The molecule has 0 saturated heterocycles. The summed E-state index contributed by atoms with van der Waals surface area (Å²) >= 11 is 0. The number of nitrogens with one attached hydrogen (secondary N) is 1. The average Bonchev–Trinajstić information content (AvgIpc) is 3.06. The largest absolute Gasteiger partial charge is 0.355 e. The summed E-state index contributed by atoms with van der Waals surface area (Å²) in [4.78, 5) is 14.9. The second-order valence-corrected chi connectivity index (χ2v) is 8.74. The zero-order valence-electron chi connectivity index (χ0n) is 18.1. The smallest absolute Gasteiger partial charge is 0.223 e. The summed E-state index contributed by atoms with van der Waals surface area (Å²) in [5.41, 5.74) is 1.42. The van der Waals surface area contributed by atoms with E-state index in [4.69, 9.17) is 0 Å². The van der Waals surface area contributed by atoms with Gasteiger partial charge in [0.1, 0.15) is 11.6 Å². The number of rotatable bonds is 8. The van der Waals surface area contributed by atoms with Crippen LogP contribution in [0.2, 0.25) is 0 Å². The highest BCUT2D eigenvalue weighted by molar-refractivity contribution is 5.78. The number of nitrogens with zero attached hydrogens (tertiary/aromatic N) is 4. The van der Waals surface area contributed by atoms with Crippen molar-refractivity contribution in [3.05, 3.63) is 47.5 Å². The van der Waals surface area contributed by atoms with Gasteiger partial charge >= 0.3 is 0 Å². The van der Waals surface area contributed by atoms with E-state index in [1.165, 1.54) is 31.2 Å². The van der Waals surface area contributed by atoms with Crippen molar-refractivity contribution in [3.63, 3.8) is 0 Å². The van der Waals surface area contributed by atoms with Gasteiger partial charge in [-0.05, 0) is 37.8 Å². The van der Waals surface area contributed by atoms with Gasteiger partial charge in [0.25, 0.3) is 0 Å². The summed E-state index contributed by atoms with van der Waals surface area (Å²) in [5, 5.41) is 12.0. The van der Waals surface area contributed by atoms with E-state index in [-0.39, 0.29) is 11.8 Å². The predicted octanol–water partition coefficient (Wildman–Crippen LogP) is 3.01. The number of fused-ring (bicyclic) bond motifs is 1. The highest BCUT2D eigenvalue weighted by atomic mass is 16.1. The Kier molecular flexibility index (Phi) is 7.51. The second-order valence-electron chi connectivity index (χ2n) is 8.74. The van der Waals surface area contributed by atoms with Gasteiger partial charge in [-0.15, -0.1) is 10.2 Å². The number of carbonyl (C=O) groups is 1. The Labute approximate surface area is 180 Å². The summed E-state index contributed by atoms with van der Waals surface area (Å²) in [5.74, 6) is 2.56. The van der Waals surface area contributed by atoms with Crippen molar-refractivity contribution >= 4 is 5.91 Å². The van der Waals surface area contributed by atoms with Crippen LogP contribution in [-0.2, 0) is 30.6 Å². The third kappa shape index (κ3) is 5.69. The molecular weight excluding hydrogens is 374 g/mol. The highest BCUT2D eigenvalue weighted by Crippen LogP contribution is 2.23. The fourth-order valence-corrected chi connectivity index (χ4v) is 4.79. The maximum atomic E-state index is 12.4. The number of aromatic nitrogens is 3. The number of aryl methyl sites for hydroxylation is 1. The van der Waals surface area contributed by atoms with Crippen LogP contribution >= 0.6 is 0 Å². The van der Waals surface area contributed by atoms with E-state index in [2.05, 4.69) is 55.3 Å². The highest BCUT2D eigenvalue weighted by Gasteiger charge is 2.21. The molecule has 0 radical (unpaired) electrons. The summed E-state index contributed by atoms with van der Waals surface area (Å²) in [6.45, 7) is 4.82. The Morgan fingerprint density at radius 1 is 1.00 bits per heavy atom. The zero-order valence-corrected chi connectivity index (χ0v) is 18.1. The first-order valence-electron chi connectivity index (χ1n) is 11.7. The Morgan fingerprint density at radius 2 is 1.83 bits per heavy atom. The van der Waals surface area contributed by atoms with Crippen LogP contribution in [-0.4, -0.2) is 51.8 Å². The third-order valence-corrected chi connectivity index (χ3v) is 6.60. The van der Waals surface area contributed by atoms with Crippen LogP contribution in [0, 0.1) is 5.92 Å². The maximum Gasteiger partial charge on any atom is 0.223 e. The van der Waals surface area contributed by atoms with Gasteiger partial charge in [-0.1, -0.05) is 49.6 Å². The molecule has 1 aliphatic carbocycles. The lowest BCUT2D eigenvalue weighted by atomic mass is 9.89. The topological polar surface area (TPSA) is 63.1 Å². The van der Waals surface area contributed by atoms with E-state index < -0.39 is 0 Å². The lowest BCUT2D eigenvalue weighted by Gasteiger charge is -2.20. The quantitative estimate of drug-likeness (QED) is 0.728. The SMILES string of the molecule is O=C(NCCc1nnc2n1CCN(CCCc1ccccc1)CC2)C1CCCCC1. The molecule has 1 aromatic carbocycles. The molecule has 30 heavy (non-hydrogen) atoms. The first-order valence-corrected chi connectivity index (χ1v) is 11.7. The summed E-state index contributed by atoms with van der Waals surface area (Å²) in [7, 11) is 0. The van der Waals surface area contributed by atoms with Crippen molar-refractivity contribution in [2.45, 2.75) is 64.3 Å². The number of amides is 1. The van der Waals surface area contributed by atoms with Crippen LogP contribution in [0.15, 0.2) is 30.3 Å². The molecule has 6 heteroatoms. The summed E-state index contributed by atoms with van der Waals surface area (Å²) in [6.07, 6.45) is 9.79. The summed E-state index contributed by atoms with van der Waals surface area (Å²) in [6, 6.07) is 10.7. The number of hydrogen-bond donors (Lipinski definition) is 1. The molecule has 6 nitrogen and oxygen atoms in total. The van der Waals surface area contributed by atoms with Crippen molar-refractivity contribution in [3.8, 4) is 0 Å². The zero-order chi connectivity index (χ0) is 20.6. The Morgan fingerprint density at radius 3 is 2.67 bits per heavy atom. The lowest BCUT2D eigenvalue weighted by Crippen LogP contribution is -2.33. The first kappa shape index (κ1) is 21.0. The Bertz CT molecular complexity index is 797. The molecule has 0 atom stereocenters. The normalized spacial score (nSPS) is 18.0. The molecular formula is C24H35N5O. The second kappa shape index (κ2) is 10.7. The van der Waals surface area contributed by atoms with E-state index in [0.29, 0.717) is 6.54 Å². The third-order valence-electron chi connectivity index (χ3n) is 6.60. The van der Waals surface area contributed by atoms with Gasteiger partial charge in [0, 0.05) is 44.9 Å². The number of benzene rings is 1. The fourth-order valence-electron chi connectivity index (χ4n) is 4.79. The molecule has 0 bridgehead atoms. The Balaban J connectivity index is 1.21. The minimum atomic E-state index is 0.221. The Hall–Kier alpha value is -2.21. The van der Waals surface area contributed by atoms with Gasteiger partial charge in [-0.3, -0.25) is 4.79 Å². The molecule has 1 amide bonds. The molecule has 2 aliphatic rings. The molecule has 1 saturated carbocycles. The van der Waals surface area contributed by atoms with Gasteiger partial charge in [-0.2, -0.15) is 0 Å². The van der Waals surface area contributed by atoms with Gasteiger partial charge < -0.3 is 14.8 Å². The van der Waals surface area contributed by atoms with Crippen LogP contribution in [0.4, 0.5) is 0 Å². The van der Waals surface area contributed by atoms with Crippen LogP contribution in [0.3, 0.4) is 0 Å². The minimum absolute atomic E-state index is 0.221.